The first kappa shape index (κ1) is 13.4. The fraction of sp³-hybridized carbons (Fsp3) is 0.900. The van der Waals surface area contributed by atoms with Gasteiger partial charge in [0.2, 0.25) is 5.91 Å². The summed E-state index contributed by atoms with van der Waals surface area (Å²) in [5.41, 5.74) is 0.0785. The van der Waals surface area contributed by atoms with Crippen LogP contribution in [0.2, 0.25) is 0 Å². The van der Waals surface area contributed by atoms with E-state index in [4.69, 9.17) is 5.11 Å². The molecule has 2 N–H and O–H groups in total. The van der Waals surface area contributed by atoms with Crippen LogP contribution < -0.4 is 5.32 Å². The molecule has 84 valence electrons. The van der Waals surface area contributed by atoms with Gasteiger partial charge in [-0.15, -0.1) is 0 Å². The van der Waals surface area contributed by atoms with E-state index < -0.39 is 0 Å². The molecule has 0 saturated carbocycles. The highest BCUT2D eigenvalue weighted by Gasteiger charge is 2.16. The van der Waals surface area contributed by atoms with Crippen molar-refractivity contribution < 1.29 is 14.6 Å². The second kappa shape index (κ2) is 6.79. The van der Waals surface area contributed by atoms with E-state index in [1.54, 1.807) is 0 Å². The van der Waals surface area contributed by atoms with Gasteiger partial charge in [-0.2, -0.15) is 0 Å². The van der Waals surface area contributed by atoms with Crippen LogP contribution in [0.25, 0.3) is 0 Å². The standard InChI is InChI=1S/C10H21NO3/c1-10(2,5-7-12)4-6-11-9(13)8-14-3/h12H,4-8H2,1-3H3,(H,11,13). The Balaban J connectivity index is 3.57. The number of methoxy groups -OCH3 is 1. The SMILES string of the molecule is COCC(=O)NCCC(C)(C)CCO. The van der Waals surface area contributed by atoms with Crippen molar-refractivity contribution in [3.63, 3.8) is 0 Å². The molecule has 0 fully saturated rings. The van der Waals surface area contributed by atoms with Crippen molar-refractivity contribution in [3.05, 3.63) is 0 Å². The summed E-state index contributed by atoms with van der Waals surface area (Å²) in [6.45, 7) is 5.09. The van der Waals surface area contributed by atoms with Gasteiger partial charge in [0.25, 0.3) is 0 Å². The fourth-order valence-corrected chi connectivity index (χ4v) is 1.15. The number of hydrogen-bond acceptors (Lipinski definition) is 3. The Kier molecular flexibility index (Phi) is 6.49. The molecule has 0 aliphatic carbocycles. The van der Waals surface area contributed by atoms with Gasteiger partial charge < -0.3 is 15.2 Å². The summed E-state index contributed by atoms with van der Waals surface area (Å²) in [5, 5.41) is 11.5. The maximum atomic E-state index is 11.0. The van der Waals surface area contributed by atoms with Crippen LogP contribution in [0.3, 0.4) is 0 Å². The molecule has 0 radical (unpaired) electrons. The molecule has 14 heavy (non-hydrogen) atoms. The van der Waals surface area contributed by atoms with Gasteiger partial charge in [0.05, 0.1) is 0 Å². The minimum atomic E-state index is -0.0905. The largest absolute Gasteiger partial charge is 0.396 e. The van der Waals surface area contributed by atoms with E-state index >= 15 is 0 Å². The van der Waals surface area contributed by atoms with Gasteiger partial charge in [-0.05, 0) is 18.3 Å². The van der Waals surface area contributed by atoms with Crippen LogP contribution >= 0.6 is 0 Å². The first-order chi connectivity index (χ1) is 6.52. The minimum absolute atomic E-state index is 0.0785. The number of nitrogens with one attached hydrogen (secondary N) is 1. The van der Waals surface area contributed by atoms with Crippen molar-refractivity contribution in [1.29, 1.82) is 0 Å². The zero-order chi connectivity index (χ0) is 11.0. The molecule has 4 nitrogen and oxygen atoms in total. The number of rotatable bonds is 7. The van der Waals surface area contributed by atoms with E-state index in [2.05, 4.69) is 23.9 Å². The first-order valence-electron chi connectivity index (χ1n) is 4.88. The molecule has 0 aliphatic heterocycles. The Morgan fingerprint density at radius 3 is 2.57 bits per heavy atom. The van der Waals surface area contributed by atoms with Crippen LogP contribution in [0.4, 0.5) is 0 Å². The Bertz CT molecular complexity index is 169. The summed E-state index contributed by atoms with van der Waals surface area (Å²) in [4.78, 5) is 11.0. The zero-order valence-electron chi connectivity index (χ0n) is 9.30. The van der Waals surface area contributed by atoms with Crippen molar-refractivity contribution in [2.75, 3.05) is 26.9 Å². The molecule has 1 amide bonds. The van der Waals surface area contributed by atoms with Crippen LogP contribution in [-0.4, -0.2) is 37.9 Å². The number of aliphatic hydroxyl groups is 1. The van der Waals surface area contributed by atoms with Crippen LogP contribution in [0.15, 0.2) is 0 Å². The summed E-state index contributed by atoms with van der Waals surface area (Å²) >= 11 is 0. The maximum Gasteiger partial charge on any atom is 0.245 e. The minimum Gasteiger partial charge on any atom is -0.396 e. The van der Waals surface area contributed by atoms with Crippen LogP contribution in [-0.2, 0) is 9.53 Å². The van der Waals surface area contributed by atoms with Crippen LogP contribution in [0.5, 0.6) is 0 Å². The lowest BCUT2D eigenvalue weighted by Gasteiger charge is -2.23. The maximum absolute atomic E-state index is 11.0. The average molecular weight is 203 g/mol. The number of ether oxygens (including phenoxy) is 1. The van der Waals surface area contributed by atoms with Gasteiger partial charge >= 0.3 is 0 Å². The lowest BCUT2D eigenvalue weighted by molar-refractivity contribution is -0.124. The second-order valence-electron chi connectivity index (χ2n) is 4.17. The molecule has 0 unspecified atom stereocenters. The van der Waals surface area contributed by atoms with E-state index in [0.29, 0.717) is 6.54 Å². The van der Waals surface area contributed by atoms with Gasteiger partial charge in [0.15, 0.2) is 0 Å². The van der Waals surface area contributed by atoms with Crippen molar-refractivity contribution in [1.82, 2.24) is 5.32 Å². The highest BCUT2D eigenvalue weighted by molar-refractivity contribution is 5.77. The molecular formula is C10H21NO3. The molecule has 4 heteroatoms. The van der Waals surface area contributed by atoms with Crippen LogP contribution in [0.1, 0.15) is 26.7 Å². The van der Waals surface area contributed by atoms with Crippen molar-refractivity contribution in [2.24, 2.45) is 5.41 Å². The Labute approximate surface area is 85.6 Å². The Hall–Kier alpha value is -0.610. The van der Waals surface area contributed by atoms with Gasteiger partial charge in [-0.1, -0.05) is 13.8 Å². The van der Waals surface area contributed by atoms with E-state index in [1.807, 2.05) is 0 Å². The summed E-state index contributed by atoms with van der Waals surface area (Å²) in [6.07, 6.45) is 1.62. The third-order valence-corrected chi connectivity index (χ3v) is 2.19. The molecule has 0 bridgehead atoms. The molecule has 0 aliphatic rings. The number of carbonyl (C=O) groups excluding carboxylic acids is 1. The van der Waals surface area contributed by atoms with E-state index in [-0.39, 0.29) is 24.5 Å². The molecule has 0 heterocycles. The predicted molar refractivity (Wildman–Crippen MR) is 55.0 cm³/mol. The monoisotopic (exact) mass is 203 g/mol. The van der Waals surface area contributed by atoms with Crippen LogP contribution in [0, 0.1) is 5.41 Å². The molecule has 0 aromatic rings. The first-order valence-corrected chi connectivity index (χ1v) is 4.88. The summed E-state index contributed by atoms with van der Waals surface area (Å²) in [5.74, 6) is -0.0905. The Morgan fingerprint density at radius 1 is 1.43 bits per heavy atom. The summed E-state index contributed by atoms with van der Waals surface area (Å²) in [7, 11) is 1.50. The Morgan fingerprint density at radius 2 is 2.07 bits per heavy atom. The second-order valence-corrected chi connectivity index (χ2v) is 4.17. The smallest absolute Gasteiger partial charge is 0.245 e. The van der Waals surface area contributed by atoms with Gasteiger partial charge in [-0.3, -0.25) is 4.79 Å². The molecule has 0 aromatic carbocycles. The third-order valence-electron chi connectivity index (χ3n) is 2.19. The predicted octanol–water partition coefficient (Wildman–Crippen LogP) is 0.548. The summed E-state index contributed by atoms with van der Waals surface area (Å²) in [6, 6.07) is 0. The molecule has 0 spiro atoms. The number of carbonyl (C=O) groups is 1. The highest BCUT2D eigenvalue weighted by atomic mass is 16.5. The topological polar surface area (TPSA) is 58.6 Å². The van der Waals surface area contributed by atoms with E-state index in [1.165, 1.54) is 7.11 Å². The number of amides is 1. The lowest BCUT2D eigenvalue weighted by Crippen LogP contribution is -2.31. The highest BCUT2D eigenvalue weighted by Crippen LogP contribution is 2.23. The molecule has 0 saturated heterocycles. The zero-order valence-corrected chi connectivity index (χ0v) is 9.30. The van der Waals surface area contributed by atoms with E-state index in [0.717, 1.165) is 12.8 Å². The summed E-state index contributed by atoms with van der Waals surface area (Å²) < 4.78 is 4.68. The fourth-order valence-electron chi connectivity index (χ4n) is 1.15. The van der Waals surface area contributed by atoms with Gasteiger partial charge in [-0.25, -0.2) is 0 Å². The number of aliphatic hydroxyl groups excluding tert-OH is 1. The number of hydrogen-bond donors (Lipinski definition) is 2. The van der Waals surface area contributed by atoms with Gasteiger partial charge in [0, 0.05) is 20.3 Å². The van der Waals surface area contributed by atoms with Crippen molar-refractivity contribution in [2.45, 2.75) is 26.7 Å². The molecule has 0 rings (SSSR count). The molecule has 0 aromatic heterocycles. The quantitative estimate of drug-likeness (QED) is 0.635. The van der Waals surface area contributed by atoms with E-state index in [9.17, 15) is 4.79 Å². The third kappa shape index (κ3) is 6.86. The lowest BCUT2D eigenvalue weighted by atomic mass is 9.86. The normalized spacial score (nSPS) is 11.4. The van der Waals surface area contributed by atoms with Crippen molar-refractivity contribution in [3.8, 4) is 0 Å². The average Bonchev–Trinajstić information content (AvgIpc) is 2.03. The molecular weight excluding hydrogens is 182 g/mol. The van der Waals surface area contributed by atoms with Gasteiger partial charge in [0.1, 0.15) is 6.61 Å². The molecule has 0 atom stereocenters. The van der Waals surface area contributed by atoms with Crippen molar-refractivity contribution >= 4 is 5.91 Å².